The van der Waals surface area contributed by atoms with E-state index in [9.17, 15) is 5.11 Å². The molecule has 1 fully saturated rings. The van der Waals surface area contributed by atoms with E-state index < -0.39 is 6.10 Å². The van der Waals surface area contributed by atoms with E-state index >= 15 is 0 Å². The smallest absolute Gasteiger partial charge is 0.0897 e. The van der Waals surface area contributed by atoms with Gasteiger partial charge in [0, 0.05) is 19.7 Å². The van der Waals surface area contributed by atoms with Crippen molar-refractivity contribution < 1.29 is 9.84 Å². The number of aliphatic hydroxyl groups excluding tert-OH is 1. The lowest BCUT2D eigenvalue weighted by Gasteiger charge is -2.32. The summed E-state index contributed by atoms with van der Waals surface area (Å²) in [6, 6.07) is 11.0. The molecule has 0 amide bonds. The Labute approximate surface area is 122 Å². The SMILES string of the molecule is COCC(O)CNC(c1ccccc1)C1CCCCC1. The molecule has 0 heterocycles. The van der Waals surface area contributed by atoms with Crippen LogP contribution in [-0.4, -0.2) is 31.5 Å². The van der Waals surface area contributed by atoms with Gasteiger partial charge in [-0.25, -0.2) is 0 Å². The lowest BCUT2D eigenvalue weighted by Crippen LogP contribution is -2.36. The largest absolute Gasteiger partial charge is 0.389 e. The molecule has 1 aliphatic rings. The van der Waals surface area contributed by atoms with E-state index in [0.29, 0.717) is 25.1 Å². The third kappa shape index (κ3) is 4.58. The zero-order valence-corrected chi connectivity index (χ0v) is 12.4. The molecule has 0 spiro atoms. The Morgan fingerprint density at radius 2 is 1.90 bits per heavy atom. The molecule has 2 N–H and O–H groups in total. The minimum Gasteiger partial charge on any atom is -0.389 e. The topological polar surface area (TPSA) is 41.5 Å². The van der Waals surface area contributed by atoms with Crippen LogP contribution in [0.5, 0.6) is 0 Å². The Morgan fingerprint density at radius 3 is 2.55 bits per heavy atom. The maximum atomic E-state index is 9.86. The number of methoxy groups -OCH3 is 1. The normalized spacial score (nSPS) is 19.7. The summed E-state index contributed by atoms with van der Waals surface area (Å²) < 4.78 is 5.00. The van der Waals surface area contributed by atoms with E-state index in [-0.39, 0.29) is 0 Å². The molecule has 1 aromatic rings. The molecule has 0 saturated heterocycles. The Morgan fingerprint density at radius 1 is 1.20 bits per heavy atom. The first-order valence-corrected chi connectivity index (χ1v) is 7.76. The van der Waals surface area contributed by atoms with Gasteiger partial charge in [0.25, 0.3) is 0 Å². The van der Waals surface area contributed by atoms with Crippen molar-refractivity contribution in [3.63, 3.8) is 0 Å². The Balaban J connectivity index is 2.00. The highest BCUT2D eigenvalue weighted by Crippen LogP contribution is 2.34. The summed E-state index contributed by atoms with van der Waals surface area (Å²) in [7, 11) is 1.62. The minimum atomic E-state index is -0.435. The van der Waals surface area contributed by atoms with Crippen LogP contribution < -0.4 is 5.32 Å². The second kappa shape index (κ2) is 8.40. The predicted octanol–water partition coefficient (Wildman–Crippen LogP) is 2.90. The number of aliphatic hydroxyl groups is 1. The van der Waals surface area contributed by atoms with Crippen molar-refractivity contribution in [3.8, 4) is 0 Å². The van der Waals surface area contributed by atoms with Gasteiger partial charge in [-0.1, -0.05) is 49.6 Å². The quantitative estimate of drug-likeness (QED) is 0.805. The molecule has 112 valence electrons. The van der Waals surface area contributed by atoms with Crippen molar-refractivity contribution in [2.24, 2.45) is 5.92 Å². The fourth-order valence-electron chi connectivity index (χ4n) is 3.20. The van der Waals surface area contributed by atoms with Crippen LogP contribution in [0.2, 0.25) is 0 Å². The second-order valence-corrected chi connectivity index (χ2v) is 5.80. The van der Waals surface area contributed by atoms with Crippen molar-refractivity contribution >= 4 is 0 Å². The summed E-state index contributed by atoms with van der Waals surface area (Å²) in [6.45, 7) is 0.975. The zero-order chi connectivity index (χ0) is 14.2. The standard InChI is InChI=1S/C17H27NO2/c1-20-13-16(19)12-18-17(14-8-4-2-5-9-14)15-10-6-3-7-11-15/h2,4-5,8-9,15-19H,3,6-7,10-13H2,1H3. The summed E-state index contributed by atoms with van der Waals surface area (Å²) in [5, 5.41) is 13.4. The monoisotopic (exact) mass is 277 g/mol. The van der Waals surface area contributed by atoms with Gasteiger partial charge in [0.05, 0.1) is 12.7 Å². The summed E-state index contributed by atoms with van der Waals surface area (Å²) in [6.07, 6.45) is 6.16. The number of ether oxygens (including phenoxy) is 1. The zero-order valence-electron chi connectivity index (χ0n) is 12.4. The maximum Gasteiger partial charge on any atom is 0.0897 e. The van der Waals surface area contributed by atoms with E-state index in [1.165, 1.54) is 37.7 Å². The summed E-state index contributed by atoms with van der Waals surface area (Å²) in [5.74, 6) is 0.681. The van der Waals surface area contributed by atoms with Gasteiger partial charge in [-0.3, -0.25) is 0 Å². The predicted molar refractivity (Wildman–Crippen MR) is 81.6 cm³/mol. The maximum absolute atomic E-state index is 9.86. The van der Waals surface area contributed by atoms with Gasteiger partial charge in [-0.2, -0.15) is 0 Å². The molecular weight excluding hydrogens is 250 g/mol. The fourth-order valence-corrected chi connectivity index (χ4v) is 3.20. The number of hydrogen-bond donors (Lipinski definition) is 2. The summed E-state index contributed by atoms with van der Waals surface area (Å²) in [4.78, 5) is 0. The Kier molecular flexibility index (Phi) is 6.51. The first kappa shape index (κ1) is 15.5. The average molecular weight is 277 g/mol. The van der Waals surface area contributed by atoms with E-state index in [2.05, 4.69) is 35.6 Å². The highest BCUT2D eigenvalue weighted by Gasteiger charge is 2.25. The second-order valence-electron chi connectivity index (χ2n) is 5.80. The van der Waals surface area contributed by atoms with Gasteiger partial charge >= 0.3 is 0 Å². The lowest BCUT2D eigenvalue weighted by molar-refractivity contribution is 0.0602. The van der Waals surface area contributed by atoms with Crippen LogP contribution in [0.1, 0.15) is 43.7 Å². The fraction of sp³-hybridized carbons (Fsp3) is 0.647. The van der Waals surface area contributed by atoms with E-state index in [1.54, 1.807) is 7.11 Å². The molecular formula is C17H27NO2. The summed E-state index contributed by atoms with van der Waals surface area (Å²) >= 11 is 0. The van der Waals surface area contributed by atoms with Gasteiger partial charge < -0.3 is 15.2 Å². The van der Waals surface area contributed by atoms with Gasteiger partial charge in [-0.15, -0.1) is 0 Å². The van der Waals surface area contributed by atoms with Gasteiger partial charge in [0.2, 0.25) is 0 Å². The molecule has 3 heteroatoms. The van der Waals surface area contributed by atoms with Gasteiger partial charge in [0.15, 0.2) is 0 Å². The number of benzene rings is 1. The minimum absolute atomic E-state index is 0.350. The molecule has 0 bridgehead atoms. The van der Waals surface area contributed by atoms with Crippen LogP contribution >= 0.6 is 0 Å². The van der Waals surface area contributed by atoms with Crippen LogP contribution in [0.3, 0.4) is 0 Å². The van der Waals surface area contributed by atoms with Crippen molar-refractivity contribution in [2.45, 2.75) is 44.2 Å². The molecule has 3 nitrogen and oxygen atoms in total. The molecule has 2 rings (SSSR count). The molecule has 2 atom stereocenters. The Hall–Kier alpha value is -0.900. The van der Waals surface area contributed by atoms with Crippen LogP contribution in [0.15, 0.2) is 30.3 Å². The van der Waals surface area contributed by atoms with Crippen LogP contribution in [0, 0.1) is 5.92 Å². The molecule has 1 aromatic carbocycles. The van der Waals surface area contributed by atoms with Crippen molar-refractivity contribution in [1.29, 1.82) is 0 Å². The van der Waals surface area contributed by atoms with E-state index in [4.69, 9.17) is 4.74 Å². The average Bonchev–Trinajstić information content (AvgIpc) is 2.50. The van der Waals surface area contributed by atoms with Crippen molar-refractivity contribution in [1.82, 2.24) is 5.32 Å². The molecule has 0 radical (unpaired) electrons. The van der Waals surface area contributed by atoms with Crippen LogP contribution in [0.4, 0.5) is 0 Å². The van der Waals surface area contributed by atoms with E-state index in [0.717, 1.165) is 0 Å². The summed E-state index contributed by atoms with van der Waals surface area (Å²) in [5.41, 5.74) is 1.34. The number of rotatable bonds is 7. The van der Waals surface area contributed by atoms with Gasteiger partial charge in [0.1, 0.15) is 0 Å². The third-order valence-electron chi connectivity index (χ3n) is 4.21. The van der Waals surface area contributed by atoms with Crippen LogP contribution in [-0.2, 0) is 4.74 Å². The van der Waals surface area contributed by atoms with Gasteiger partial charge in [-0.05, 0) is 24.3 Å². The first-order chi connectivity index (χ1) is 9.81. The highest BCUT2D eigenvalue weighted by atomic mass is 16.5. The Bertz CT molecular complexity index is 363. The first-order valence-electron chi connectivity index (χ1n) is 7.76. The molecule has 20 heavy (non-hydrogen) atoms. The number of hydrogen-bond acceptors (Lipinski definition) is 3. The number of nitrogens with one attached hydrogen (secondary N) is 1. The van der Waals surface area contributed by atoms with E-state index in [1.807, 2.05) is 0 Å². The molecule has 1 saturated carbocycles. The van der Waals surface area contributed by atoms with Crippen molar-refractivity contribution in [2.75, 3.05) is 20.3 Å². The van der Waals surface area contributed by atoms with Crippen molar-refractivity contribution in [3.05, 3.63) is 35.9 Å². The molecule has 0 aliphatic heterocycles. The molecule has 0 aromatic heterocycles. The molecule has 2 unspecified atom stereocenters. The highest BCUT2D eigenvalue weighted by molar-refractivity contribution is 5.20. The lowest BCUT2D eigenvalue weighted by atomic mass is 9.81. The van der Waals surface area contributed by atoms with Crippen LogP contribution in [0.25, 0.3) is 0 Å². The molecule has 1 aliphatic carbocycles. The third-order valence-corrected chi connectivity index (χ3v) is 4.21.